The van der Waals surface area contributed by atoms with Crippen molar-refractivity contribution < 1.29 is 52.8 Å². The molecule has 16 heteroatoms. The van der Waals surface area contributed by atoms with E-state index in [1.807, 2.05) is 0 Å². The van der Waals surface area contributed by atoms with E-state index in [-0.39, 0.29) is 115 Å². The summed E-state index contributed by atoms with van der Waals surface area (Å²) in [7, 11) is 0. The van der Waals surface area contributed by atoms with Crippen molar-refractivity contribution in [3.63, 3.8) is 0 Å². The van der Waals surface area contributed by atoms with Crippen molar-refractivity contribution in [1.82, 2.24) is 26.6 Å². The molecule has 0 saturated carbocycles. The lowest BCUT2D eigenvalue weighted by Crippen LogP contribution is -2.41. The second-order valence-electron chi connectivity index (χ2n) is 15.6. The van der Waals surface area contributed by atoms with Crippen LogP contribution in [-0.2, 0) is 47.7 Å². The van der Waals surface area contributed by atoms with E-state index in [1.165, 1.54) is 77.0 Å². The third-order valence-corrected chi connectivity index (χ3v) is 9.90. The molecule has 0 bridgehead atoms. The van der Waals surface area contributed by atoms with Gasteiger partial charge in [-0.3, -0.25) is 24.0 Å². The Labute approximate surface area is 367 Å². The van der Waals surface area contributed by atoms with Gasteiger partial charge in [-0.05, 0) is 25.7 Å². The van der Waals surface area contributed by atoms with Crippen LogP contribution in [0, 0.1) is 0 Å². The minimum absolute atomic E-state index is 0.00643. The van der Waals surface area contributed by atoms with Gasteiger partial charge in [0, 0.05) is 45.4 Å². The summed E-state index contributed by atoms with van der Waals surface area (Å²) in [6, 6.07) is -1.12. The number of carboxylic acids is 1. The number of hydrogen-bond acceptors (Lipinski definition) is 10. The molecule has 0 aliphatic carbocycles. The Hall–Kier alpha value is -3.34. The fourth-order valence-electron chi connectivity index (χ4n) is 6.29. The second-order valence-corrected chi connectivity index (χ2v) is 15.6. The molecule has 1 unspecified atom stereocenters. The lowest BCUT2D eigenvalue weighted by Gasteiger charge is -2.14. The molecule has 0 rings (SSSR count). The number of carbonyl (C=O) groups is 6. The predicted octanol–water partition coefficient (Wildman–Crippen LogP) is 5.49. The first-order valence-electron chi connectivity index (χ1n) is 23.6. The molecule has 0 aromatic heterocycles. The average molecular weight is 872 g/mol. The number of rotatable bonds is 46. The van der Waals surface area contributed by atoms with Crippen LogP contribution < -0.4 is 26.6 Å². The quantitative estimate of drug-likeness (QED) is 0.0420. The standard InChI is InChI=1S/C45H85N5O11/c1-3-5-7-8-9-10-11-12-13-14-15-16-17-18-19-20-23-42(53)50-39(45(56)57)25-26-41(52)48-29-31-58-33-36-61-38-44(55)49-30-32-59-34-35-60-37-43(54)47-28-22-24-40(51)46-27-21-6-4-2/h39H,3-38H2,1-2H3,(H,46,51)(H,47,54)(H,48,52)(H,49,55)(H,50,53)(H,56,57). The van der Waals surface area contributed by atoms with Crippen LogP contribution in [-0.4, -0.2) is 126 Å². The lowest BCUT2D eigenvalue weighted by atomic mass is 10.0. The molecule has 0 saturated heterocycles. The maximum absolute atomic E-state index is 12.3. The zero-order chi connectivity index (χ0) is 44.9. The van der Waals surface area contributed by atoms with Crippen LogP contribution in [0.15, 0.2) is 0 Å². The molecule has 6 N–H and O–H groups in total. The summed E-state index contributed by atoms with van der Waals surface area (Å²) in [5.74, 6) is -2.38. The zero-order valence-corrected chi connectivity index (χ0v) is 38.1. The number of unbranched alkanes of at least 4 members (excludes halogenated alkanes) is 17. The molecule has 0 aromatic carbocycles. The van der Waals surface area contributed by atoms with Crippen LogP contribution in [0.1, 0.15) is 168 Å². The summed E-state index contributed by atoms with van der Waals surface area (Å²) in [6.45, 7) is 7.06. The summed E-state index contributed by atoms with van der Waals surface area (Å²) in [4.78, 5) is 71.7. The van der Waals surface area contributed by atoms with E-state index >= 15 is 0 Å². The molecule has 0 spiro atoms. The number of hydrogen-bond donors (Lipinski definition) is 6. The molecular weight excluding hydrogens is 787 g/mol. The Morgan fingerprint density at radius 1 is 0.393 bits per heavy atom. The van der Waals surface area contributed by atoms with E-state index in [9.17, 15) is 33.9 Å². The van der Waals surface area contributed by atoms with Gasteiger partial charge in [0.15, 0.2) is 0 Å². The van der Waals surface area contributed by atoms with Crippen LogP contribution in [0.4, 0.5) is 0 Å². The Morgan fingerprint density at radius 3 is 1.28 bits per heavy atom. The Balaban J connectivity index is 3.64. The highest BCUT2D eigenvalue weighted by molar-refractivity contribution is 5.84. The van der Waals surface area contributed by atoms with Crippen molar-refractivity contribution in [2.45, 2.75) is 174 Å². The topological polar surface area (TPSA) is 220 Å². The van der Waals surface area contributed by atoms with Gasteiger partial charge >= 0.3 is 5.97 Å². The van der Waals surface area contributed by atoms with Crippen molar-refractivity contribution in [3.8, 4) is 0 Å². The van der Waals surface area contributed by atoms with E-state index in [0.717, 1.165) is 44.9 Å². The van der Waals surface area contributed by atoms with E-state index in [1.54, 1.807) is 0 Å². The van der Waals surface area contributed by atoms with Crippen LogP contribution in [0.2, 0.25) is 0 Å². The van der Waals surface area contributed by atoms with Gasteiger partial charge in [0.05, 0.1) is 39.6 Å². The molecule has 0 aliphatic rings. The Bertz CT molecular complexity index is 1110. The second kappa shape index (κ2) is 44.7. The van der Waals surface area contributed by atoms with Gasteiger partial charge in [0.25, 0.3) is 0 Å². The first-order valence-corrected chi connectivity index (χ1v) is 23.6. The van der Waals surface area contributed by atoms with Gasteiger partial charge < -0.3 is 50.6 Å². The number of nitrogens with one attached hydrogen (secondary N) is 5. The van der Waals surface area contributed by atoms with Crippen LogP contribution in [0.3, 0.4) is 0 Å². The third kappa shape index (κ3) is 43.1. The number of carboxylic acid groups (broad SMARTS) is 1. The molecule has 5 amide bonds. The third-order valence-electron chi connectivity index (χ3n) is 9.90. The average Bonchev–Trinajstić information content (AvgIpc) is 3.24. The molecule has 0 aromatic rings. The first kappa shape index (κ1) is 57.7. The van der Waals surface area contributed by atoms with Crippen LogP contribution in [0.25, 0.3) is 0 Å². The lowest BCUT2D eigenvalue weighted by molar-refractivity contribution is -0.142. The van der Waals surface area contributed by atoms with Crippen molar-refractivity contribution in [3.05, 3.63) is 0 Å². The van der Waals surface area contributed by atoms with Gasteiger partial charge in [0.1, 0.15) is 19.3 Å². The van der Waals surface area contributed by atoms with Gasteiger partial charge in [-0.2, -0.15) is 0 Å². The fourth-order valence-corrected chi connectivity index (χ4v) is 6.29. The normalized spacial score (nSPS) is 11.5. The van der Waals surface area contributed by atoms with E-state index in [4.69, 9.17) is 18.9 Å². The van der Waals surface area contributed by atoms with E-state index in [0.29, 0.717) is 25.9 Å². The SMILES string of the molecule is CCCCCCCCCCCCCCCCCCC(=O)NC(CCC(=O)NCCOCCOCC(=O)NCCOCCOCC(=O)NCCCC(=O)NCCCCC)C(=O)O. The van der Waals surface area contributed by atoms with Gasteiger partial charge in [0.2, 0.25) is 29.5 Å². The summed E-state index contributed by atoms with van der Waals surface area (Å²) < 4.78 is 21.4. The van der Waals surface area contributed by atoms with Crippen LogP contribution in [0.5, 0.6) is 0 Å². The molecule has 61 heavy (non-hydrogen) atoms. The number of ether oxygens (including phenoxy) is 4. The summed E-state index contributed by atoms with van der Waals surface area (Å²) >= 11 is 0. The highest BCUT2D eigenvalue weighted by Gasteiger charge is 2.20. The molecule has 0 heterocycles. The number of amides is 5. The van der Waals surface area contributed by atoms with Gasteiger partial charge in [-0.25, -0.2) is 4.79 Å². The Morgan fingerprint density at radius 2 is 0.770 bits per heavy atom. The van der Waals surface area contributed by atoms with Crippen molar-refractivity contribution >= 4 is 35.5 Å². The minimum Gasteiger partial charge on any atom is -0.480 e. The molecule has 1 atom stereocenters. The smallest absolute Gasteiger partial charge is 0.326 e. The summed E-state index contributed by atoms with van der Waals surface area (Å²) in [5, 5.41) is 23.0. The number of carbonyl (C=O) groups excluding carboxylic acids is 5. The summed E-state index contributed by atoms with van der Waals surface area (Å²) in [6.07, 6.45) is 24.3. The van der Waals surface area contributed by atoms with E-state index in [2.05, 4.69) is 40.4 Å². The molecule has 356 valence electrons. The van der Waals surface area contributed by atoms with Crippen LogP contribution >= 0.6 is 0 Å². The molecule has 0 aliphatic heterocycles. The van der Waals surface area contributed by atoms with Crippen molar-refractivity contribution in [1.29, 1.82) is 0 Å². The van der Waals surface area contributed by atoms with Gasteiger partial charge in [-0.1, -0.05) is 123 Å². The van der Waals surface area contributed by atoms with Crippen molar-refractivity contribution in [2.75, 3.05) is 79.0 Å². The summed E-state index contributed by atoms with van der Waals surface area (Å²) in [5.41, 5.74) is 0. The minimum atomic E-state index is -1.16. The number of aliphatic carboxylic acids is 1. The maximum atomic E-state index is 12.3. The molecular formula is C45H85N5O11. The maximum Gasteiger partial charge on any atom is 0.326 e. The molecule has 0 fully saturated rings. The highest BCUT2D eigenvalue weighted by atomic mass is 16.5. The fraction of sp³-hybridized carbons (Fsp3) is 0.867. The zero-order valence-electron chi connectivity index (χ0n) is 38.1. The van der Waals surface area contributed by atoms with Crippen molar-refractivity contribution in [2.24, 2.45) is 0 Å². The monoisotopic (exact) mass is 872 g/mol. The molecule has 0 radical (unpaired) electrons. The Kier molecular flexibility index (Phi) is 42.3. The molecule has 16 nitrogen and oxygen atoms in total. The van der Waals surface area contributed by atoms with E-state index < -0.39 is 12.0 Å². The van der Waals surface area contributed by atoms with Gasteiger partial charge in [-0.15, -0.1) is 0 Å². The highest BCUT2D eigenvalue weighted by Crippen LogP contribution is 2.14. The largest absolute Gasteiger partial charge is 0.480 e. The predicted molar refractivity (Wildman–Crippen MR) is 237 cm³/mol. The first-order chi connectivity index (χ1) is 29.7.